The number of nitrogens with one attached hydrogen (secondary N) is 2. The molecule has 1 amide bonds. The van der Waals surface area contributed by atoms with Gasteiger partial charge in [0.25, 0.3) is 0 Å². The Labute approximate surface area is 119 Å². The van der Waals surface area contributed by atoms with E-state index < -0.39 is 0 Å². The molecule has 1 unspecified atom stereocenters. The second-order valence-corrected chi connectivity index (χ2v) is 5.31. The number of hydrogen-bond donors (Lipinski definition) is 2. The molecule has 110 valence electrons. The van der Waals surface area contributed by atoms with E-state index in [1.807, 2.05) is 31.2 Å². The minimum absolute atomic E-state index is 0.0524. The Balaban J connectivity index is 1.95. The molecule has 1 aliphatic heterocycles. The van der Waals surface area contributed by atoms with Crippen LogP contribution in [0.2, 0.25) is 0 Å². The predicted molar refractivity (Wildman–Crippen MR) is 78.0 cm³/mol. The van der Waals surface area contributed by atoms with Crippen LogP contribution in [0.25, 0.3) is 0 Å². The van der Waals surface area contributed by atoms with E-state index in [1.54, 1.807) is 7.11 Å². The van der Waals surface area contributed by atoms with Crippen molar-refractivity contribution in [3.05, 3.63) is 24.3 Å². The van der Waals surface area contributed by atoms with Crippen LogP contribution in [-0.2, 0) is 9.53 Å². The van der Waals surface area contributed by atoms with Crippen molar-refractivity contribution in [3.63, 3.8) is 0 Å². The SMILES string of the molecule is COCCOc1cccc(NC(=O)C2(C)CCNC2)c1. The lowest BCUT2D eigenvalue weighted by Crippen LogP contribution is -2.35. The molecule has 1 heterocycles. The summed E-state index contributed by atoms with van der Waals surface area (Å²) in [7, 11) is 1.64. The Morgan fingerprint density at radius 1 is 1.45 bits per heavy atom. The number of hydrogen-bond acceptors (Lipinski definition) is 4. The molecule has 2 N–H and O–H groups in total. The predicted octanol–water partition coefficient (Wildman–Crippen LogP) is 1.65. The molecular formula is C15H22N2O3. The van der Waals surface area contributed by atoms with E-state index in [4.69, 9.17) is 9.47 Å². The first kappa shape index (κ1) is 14.8. The van der Waals surface area contributed by atoms with E-state index >= 15 is 0 Å². The zero-order chi connectivity index (χ0) is 14.4. The number of anilines is 1. The van der Waals surface area contributed by atoms with E-state index in [0.29, 0.717) is 13.2 Å². The molecule has 1 saturated heterocycles. The Hall–Kier alpha value is -1.59. The van der Waals surface area contributed by atoms with Gasteiger partial charge in [0.1, 0.15) is 12.4 Å². The number of methoxy groups -OCH3 is 1. The van der Waals surface area contributed by atoms with E-state index in [0.717, 1.165) is 30.9 Å². The quantitative estimate of drug-likeness (QED) is 0.777. The minimum Gasteiger partial charge on any atom is -0.491 e. The molecule has 0 bridgehead atoms. The molecule has 5 nitrogen and oxygen atoms in total. The number of rotatable bonds is 6. The lowest BCUT2D eigenvalue weighted by molar-refractivity contribution is -0.123. The van der Waals surface area contributed by atoms with Gasteiger partial charge in [0.05, 0.1) is 12.0 Å². The van der Waals surface area contributed by atoms with E-state index in [-0.39, 0.29) is 11.3 Å². The summed E-state index contributed by atoms with van der Waals surface area (Å²) in [5.74, 6) is 0.783. The first-order valence-corrected chi connectivity index (χ1v) is 6.88. The molecule has 1 atom stereocenters. The van der Waals surface area contributed by atoms with Gasteiger partial charge in [-0.3, -0.25) is 4.79 Å². The number of carbonyl (C=O) groups is 1. The van der Waals surface area contributed by atoms with Crippen LogP contribution in [0.1, 0.15) is 13.3 Å². The van der Waals surface area contributed by atoms with Crippen molar-refractivity contribution in [1.82, 2.24) is 5.32 Å². The molecule has 1 fully saturated rings. The van der Waals surface area contributed by atoms with Crippen LogP contribution in [0.5, 0.6) is 5.75 Å². The summed E-state index contributed by atoms with van der Waals surface area (Å²) in [6.45, 7) is 4.64. The number of ether oxygens (including phenoxy) is 2. The summed E-state index contributed by atoms with van der Waals surface area (Å²) in [6, 6.07) is 7.43. The molecule has 0 radical (unpaired) electrons. The molecule has 2 rings (SSSR count). The third-order valence-electron chi connectivity index (χ3n) is 3.56. The van der Waals surface area contributed by atoms with Gasteiger partial charge in [0.2, 0.25) is 5.91 Å². The lowest BCUT2D eigenvalue weighted by atomic mass is 9.89. The van der Waals surface area contributed by atoms with Gasteiger partial charge in [0.15, 0.2) is 0 Å². The fraction of sp³-hybridized carbons (Fsp3) is 0.533. The van der Waals surface area contributed by atoms with Gasteiger partial charge < -0.3 is 20.1 Å². The molecule has 1 aromatic rings. The van der Waals surface area contributed by atoms with Gasteiger partial charge in [-0.15, -0.1) is 0 Å². The fourth-order valence-corrected chi connectivity index (χ4v) is 2.20. The zero-order valence-electron chi connectivity index (χ0n) is 12.1. The molecular weight excluding hydrogens is 256 g/mol. The first-order valence-electron chi connectivity index (χ1n) is 6.88. The molecule has 0 aliphatic carbocycles. The highest BCUT2D eigenvalue weighted by Crippen LogP contribution is 2.27. The standard InChI is InChI=1S/C15H22N2O3/c1-15(6-7-16-11-15)14(18)17-12-4-3-5-13(10-12)20-9-8-19-2/h3-5,10,16H,6-9,11H2,1-2H3,(H,17,18). The van der Waals surface area contributed by atoms with Crippen molar-refractivity contribution in [2.75, 3.05) is 38.7 Å². The van der Waals surface area contributed by atoms with Crippen molar-refractivity contribution in [1.29, 1.82) is 0 Å². The van der Waals surface area contributed by atoms with Crippen LogP contribution in [0.3, 0.4) is 0 Å². The Morgan fingerprint density at radius 3 is 3.00 bits per heavy atom. The average Bonchev–Trinajstić information content (AvgIpc) is 2.88. The molecule has 1 aromatic carbocycles. The number of carbonyl (C=O) groups excluding carboxylic acids is 1. The monoisotopic (exact) mass is 278 g/mol. The Morgan fingerprint density at radius 2 is 2.30 bits per heavy atom. The van der Waals surface area contributed by atoms with Gasteiger partial charge in [-0.2, -0.15) is 0 Å². The number of benzene rings is 1. The molecule has 5 heteroatoms. The largest absolute Gasteiger partial charge is 0.491 e. The third-order valence-corrected chi connectivity index (χ3v) is 3.56. The van der Waals surface area contributed by atoms with Gasteiger partial charge in [-0.25, -0.2) is 0 Å². The molecule has 1 aliphatic rings. The highest BCUT2D eigenvalue weighted by molar-refractivity contribution is 5.95. The summed E-state index contributed by atoms with van der Waals surface area (Å²) in [6.07, 6.45) is 0.864. The summed E-state index contributed by atoms with van der Waals surface area (Å²) < 4.78 is 10.5. The summed E-state index contributed by atoms with van der Waals surface area (Å²) in [5, 5.41) is 6.19. The van der Waals surface area contributed by atoms with E-state index in [9.17, 15) is 4.79 Å². The Kier molecular flexibility index (Phi) is 4.98. The third kappa shape index (κ3) is 3.71. The fourth-order valence-electron chi connectivity index (χ4n) is 2.20. The smallest absolute Gasteiger partial charge is 0.231 e. The summed E-state index contributed by atoms with van der Waals surface area (Å²) in [5.41, 5.74) is 0.436. The van der Waals surface area contributed by atoms with E-state index in [1.165, 1.54) is 0 Å². The van der Waals surface area contributed by atoms with Crippen LogP contribution in [0.15, 0.2) is 24.3 Å². The maximum absolute atomic E-state index is 12.3. The topological polar surface area (TPSA) is 59.6 Å². The van der Waals surface area contributed by atoms with Gasteiger partial charge in [0, 0.05) is 25.4 Å². The minimum atomic E-state index is -0.326. The zero-order valence-corrected chi connectivity index (χ0v) is 12.1. The van der Waals surface area contributed by atoms with Crippen molar-refractivity contribution in [3.8, 4) is 5.75 Å². The van der Waals surface area contributed by atoms with E-state index in [2.05, 4.69) is 10.6 Å². The molecule has 0 aromatic heterocycles. The van der Waals surface area contributed by atoms with Crippen LogP contribution in [-0.4, -0.2) is 39.3 Å². The van der Waals surface area contributed by atoms with Crippen molar-refractivity contribution in [2.45, 2.75) is 13.3 Å². The molecule has 0 saturated carbocycles. The lowest BCUT2D eigenvalue weighted by Gasteiger charge is -2.21. The highest BCUT2D eigenvalue weighted by atomic mass is 16.5. The summed E-state index contributed by atoms with van der Waals surface area (Å²) >= 11 is 0. The van der Waals surface area contributed by atoms with Crippen LogP contribution in [0, 0.1) is 5.41 Å². The highest BCUT2D eigenvalue weighted by Gasteiger charge is 2.36. The van der Waals surface area contributed by atoms with Crippen molar-refractivity contribution >= 4 is 11.6 Å². The van der Waals surface area contributed by atoms with Crippen LogP contribution in [0.4, 0.5) is 5.69 Å². The summed E-state index contributed by atoms with van der Waals surface area (Å²) in [4.78, 5) is 12.3. The van der Waals surface area contributed by atoms with Crippen molar-refractivity contribution in [2.24, 2.45) is 5.41 Å². The van der Waals surface area contributed by atoms with Gasteiger partial charge in [-0.05, 0) is 32.0 Å². The van der Waals surface area contributed by atoms with Gasteiger partial charge >= 0.3 is 0 Å². The molecule has 20 heavy (non-hydrogen) atoms. The molecule has 0 spiro atoms. The second kappa shape index (κ2) is 6.72. The Bertz CT molecular complexity index is 456. The normalized spacial score (nSPS) is 21.7. The van der Waals surface area contributed by atoms with Crippen LogP contribution >= 0.6 is 0 Å². The van der Waals surface area contributed by atoms with Gasteiger partial charge in [-0.1, -0.05) is 6.07 Å². The van der Waals surface area contributed by atoms with Crippen LogP contribution < -0.4 is 15.4 Å². The second-order valence-electron chi connectivity index (χ2n) is 5.31. The maximum atomic E-state index is 12.3. The maximum Gasteiger partial charge on any atom is 0.231 e. The number of amides is 1. The average molecular weight is 278 g/mol. The first-order chi connectivity index (χ1) is 9.64. The van der Waals surface area contributed by atoms with Crippen molar-refractivity contribution < 1.29 is 14.3 Å².